The monoisotopic (exact) mass is 341 g/mol. The van der Waals surface area contributed by atoms with Crippen molar-refractivity contribution in [2.75, 3.05) is 13.1 Å². The smallest absolute Gasteiger partial charge is 0.0921 e. The quantitative estimate of drug-likeness (QED) is 0.793. The van der Waals surface area contributed by atoms with Crippen molar-refractivity contribution in [3.8, 4) is 11.3 Å². The van der Waals surface area contributed by atoms with Gasteiger partial charge in [0.25, 0.3) is 0 Å². The number of likely N-dealkylation sites (tertiary alicyclic amines) is 1. The van der Waals surface area contributed by atoms with Crippen molar-refractivity contribution in [3.05, 3.63) is 47.4 Å². The summed E-state index contributed by atoms with van der Waals surface area (Å²) >= 11 is 6.19. The van der Waals surface area contributed by atoms with Gasteiger partial charge in [0.05, 0.1) is 11.4 Å². The van der Waals surface area contributed by atoms with E-state index in [4.69, 9.17) is 16.6 Å². The summed E-state index contributed by atoms with van der Waals surface area (Å²) in [5.41, 5.74) is 3.21. The van der Waals surface area contributed by atoms with E-state index < -0.39 is 0 Å². The largest absolute Gasteiger partial charge is 0.300 e. The summed E-state index contributed by atoms with van der Waals surface area (Å²) in [6.07, 6.45) is 11.6. The number of hydrogen-bond donors (Lipinski definition) is 0. The summed E-state index contributed by atoms with van der Waals surface area (Å²) < 4.78 is 0. The summed E-state index contributed by atoms with van der Waals surface area (Å²) in [5, 5.41) is 0.750. The number of benzene rings is 1. The molecule has 2 aromatic rings. The molecule has 1 aliphatic heterocycles. The Bertz CT molecular complexity index is 697. The Kier molecular flexibility index (Phi) is 4.81. The van der Waals surface area contributed by atoms with Crippen molar-refractivity contribution in [2.45, 2.75) is 50.5 Å². The van der Waals surface area contributed by atoms with Crippen LogP contribution in [0.4, 0.5) is 0 Å². The molecule has 2 fully saturated rings. The molecule has 1 saturated heterocycles. The van der Waals surface area contributed by atoms with Crippen molar-refractivity contribution in [3.63, 3.8) is 0 Å². The third kappa shape index (κ3) is 3.33. The number of rotatable bonds is 3. The lowest BCUT2D eigenvalue weighted by Crippen LogP contribution is -2.41. The zero-order valence-electron chi connectivity index (χ0n) is 14.0. The molecule has 1 aromatic carbocycles. The van der Waals surface area contributed by atoms with Gasteiger partial charge in [0.15, 0.2) is 0 Å². The minimum Gasteiger partial charge on any atom is -0.300 e. The summed E-state index contributed by atoms with van der Waals surface area (Å²) in [7, 11) is 0. The number of hydrogen-bond acceptors (Lipinski definition) is 3. The maximum atomic E-state index is 6.19. The van der Waals surface area contributed by atoms with Crippen LogP contribution in [0.1, 0.15) is 50.1 Å². The molecule has 0 unspecified atom stereocenters. The number of aromatic nitrogens is 2. The number of piperidine rings is 1. The Morgan fingerprint density at radius 1 is 1.00 bits per heavy atom. The fraction of sp³-hybridized carbons (Fsp3) is 0.500. The van der Waals surface area contributed by atoms with E-state index in [1.807, 2.05) is 24.4 Å². The molecular formula is C20H24ClN3. The highest BCUT2D eigenvalue weighted by Gasteiger charge is 2.30. The first-order valence-electron chi connectivity index (χ1n) is 9.12. The van der Waals surface area contributed by atoms with Gasteiger partial charge in [0, 0.05) is 41.5 Å². The van der Waals surface area contributed by atoms with Gasteiger partial charge in [-0.15, -0.1) is 0 Å². The lowest BCUT2D eigenvalue weighted by molar-refractivity contribution is 0.149. The molecule has 1 atom stereocenters. The first-order chi connectivity index (χ1) is 11.8. The van der Waals surface area contributed by atoms with Gasteiger partial charge in [-0.05, 0) is 44.4 Å². The Balaban J connectivity index is 1.61. The third-order valence-electron chi connectivity index (χ3n) is 5.51. The number of halogens is 1. The van der Waals surface area contributed by atoms with Crippen molar-refractivity contribution < 1.29 is 0 Å². The van der Waals surface area contributed by atoms with Crippen LogP contribution < -0.4 is 0 Å². The normalized spacial score (nSPS) is 22.8. The zero-order chi connectivity index (χ0) is 16.4. The van der Waals surface area contributed by atoms with Crippen LogP contribution in [0.15, 0.2) is 36.7 Å². The molecule has 0 N–H and O–H groups in total. The molecule has 24 heavy (non-hydrogen) atoms. The summed E-state index contributed by atoms with van der Waals surface area (Å²) in [4.78, 5) is 12.1. The Labute approximate surface area is 149 Å². The molecule has 0 spiro atoms. The van der Waals surface area contributed by atoms with Crippen molar-refractivity contribution >= 4 is 11.6 Å². The van der Waals surface area contributed by atoms with Gasteiger partial charge in [-0.1, -0.05) is 36.6 Å². The fourth-order valence-corrected chi connectivity index (χ4v) is 4.53. The first kappa shape index (κ1) is 16.0. The molecule has 2 heterocycles. The minimum absolute atomic E-state index is 0.474. The van der Waals surface area contributed by atoms with Crippen molar-refractivity contribution in [1.29, 1.82) is 0 Å². The van der Waals surface area contributed by atoms with Gasteiger partial charge in [-0.3, -0.25) is 14.9 Å². The Hall–Kier alpha value is -1.45. The summed E-state index contributed by atoms with van der Waals surface area (Å²) in [6, 6.07) is 8.76. The predicted octanol–water partition coefficient (Wildman–Crippen LogP) is 4.92. The van der Waals surface area contributed by atoms with Crippen LogP contribution in [0.25, 0.3) is 11.3 Å². The van der Waals surface area contributed by atoms with Gasteiger partial charge < -0.3 is 0 Å². The highest BCUT2D eigenvalue weighted by Crippen LogP contribution is 2.35. The molecule has 0 bridgehead atoms. The molecule has 3 nitrogen and oxygen atoms in total. The topological polar surface area (TPSA) is 29.0 Å². The maximum absolute atomic E-state index is 6.19. The van der Waals surface area contributed by atoms with E-state index in [-0.39, 0.29) is 0 Å². The average Bonchev–Trinajstić information content (AvgIpc) is 3.17. The predicted molar refractivity (Wildman–Crippen MR) is 98.3 cm³/mol. The van der Waals surface area contributed by atoms with Crippen LogP contribution in [0, 0.1) is 0 Å². The van der Waals surface area contributed by atoms with Gasteiger partial charge in [-0.2, -0.15) is 0 Å². The fourth-order valence-electron chi connectivity index (χ4n) is 4.34. The molecule has 2 aliphatic rings. The molecule has 1 saturated carbocycles. The lowest BCUT2D eigenvalue weighted by atomic mass is 9.90. The molecule has 1 aromatic heterocycles. The first-order valence-corrected chi connectivity index (χ1v) is 9.50. The lowest BCUT2D eigenvalue weighted by Gasteiger charge is -2.37. The molecule has 4 heteroatoms. The van der Waals surface area contributed by atoms with Crippen LogP contribution in [0.5, 0.6) is 0 Å². The van der Waals surface area contributed by atoms with Gasteiger partial charge >= 0.3 is 0 Å². The van der Waals surface area contributed by atoms with E-state index in [0.717, 1.165) is 34.6 Å². The Morgan fingerprint density at radius 2 is 1.83 bits per heavy atom. The zero-order valence-corrected chi connectivity index (χ0v) is 14.8. The van der Waals surface area contributed by atoms with E-state index >= 15 is 0 Å². The highest BCUT2D eigenvalue weighted by molar-refractivity contribution is 6.30. The molecule has 0 radical (unpaired) electrons. The van der Waals surface area contributed by atoms with E-state index in [1.54, 1.807) is 6.20 Å². The summed E-state index contributed by atoms with van der Waals surface area (Å²) in [6.45, 7) is 2.37. The average molecular weight is 342 g/mol. The summed E-state index contributed by atoms with van der Waals surface area (Å²) in [5.74, 6) is 0.474. The van der Waals surface area contributed by atoms with Crippen LogP contribution in [-0.4, -0.2) is 34.0 Å². The second-order valence-electron chi connectivity index (χ2n) is 7.07. The van der Waals surface area contributed by atoms with E-state index in [1.165, 1.54) is 45.1 Å². The second-order valence-corrected chi connectivity index (χ2v) is 7.51. The Morgan fingerprint density at radius 3 is 2.67 bits per heavy atom. The SMILES string of the molecule is Clc1cccc(-c2nccnc2[C@H]2CCCN(C3CCCC3)C2)c1. The highest BCUT2D eigenvalue weighted by atomic mass is 35.5. The minimum atomic E-state index is 0.474. The van der Waals surface area contributed by atoms with E-state index in [0.29, 0.717) is 5.92 Å². The van der Waals surface area contributed by atoms with E-state index in [9.17, 15) is 0 Å². The molecule has 1 aliphatic carbocycles. The maximum Gasteiger partial charge on any atom is 0.0921 e. The molecule has 4 rings (SSSR count). The van der Waals surface area contributed by atoms with Crippen LogP contribution in [-0.2, 0) is 0 Å². The molecule has 0 amide bonds. The van der Waals surface area contributed by atoms with Gasteiger partial charge in [0.1, 0.15) is 0 Å². The van der Waals surface area contributed by atoms with Crippen LogP contribution >= 0.6 is 11.6 Å². The van der Waals surface area contributed by atoms with Crippen molar-refractivity contribution in [1.82, 2.24) is 14.9 Å². The molecular weight excluding hydrogens is 318 g/mol. The van der Waals surface area contributed by atoms with Gasteiger partial charge in [-0.25, -0.2) is 0 Å². The number of nitrogens with zero attached hydrogens (tertiary/aromatic N) is 3. The van der Waals surface area contributed by atoms with Crippen LogP contribution in [0.2, 0.25) is 5.02 Å². The van der Waals surface area contributed by atoms with Gasteiger partial charge in [0.2, 0.25) is 0 Å². The van der Waals surface area contributed by atoms with E-state index in [2.05, 4.69) is 16.0 Å². The second kappa shape index (κ2) is 7.20. The third-order valence-corrected chi connectivity index (χ3v) is 5.74. The molecule has 126 valence electrons. The standard InChI is InChI=1S/C20H24ClN3/c21-17-7-3-5-15(13-17)19-20(23-11-10-22-19)16-6-4-12-24(14-16)18-8-1-2-9-18/h3,5,7,10-11,13,16,18H,1-2,4,6,8-9,12,14H2/t16-/m0/s1. The van der Waals surface area contributed by atoms with Crippen molar-refractivity contribution in [2.24, 2.45) is 0 Å². The van der Waals surface area contributed by atoms with Crippen LogP contribution in [0.3, 0.4) is 0 Å².